The summed E-state index contributed by atoms with van der Waals surface area (Å²) >= 11 is 0. The fourth-order valence-corrected chi connectivity index (χ4v) is 3.36. The minimum atomic E-state index is -0.108. The summed E-state index contributed by atoms with van der Waals surface area (Å²) < 4.78 is 1.84. The maximum Gasteiger partial charge on any atom is 0.254 e. The van der Waals surface area contributed by atoms with Crippen molar-refractivity contribution in [3.63, 3.8) is 0 Å². The summed E-state index contributed by atoms with van der Waals surface area (Å²) in [5.41, 5.74) is 1.92. The second-order valence-electron chi connectivity index (χ2n) is 8.25. The fraction of sp³-hybridized carbons (Fsp3) is 0.524. The van der Waals surface area contributed by atoms with E-state index in [-0.39, 0.29) is 11.4 Å². The standard InChI is InChI=1S/C21H30N4O/c1-21(2,3)25-16-19(14-23-25)20(26)22-13-18-10-12-24(15-18)11-9-17-7-5-4-6-8-17/h4-8,14,16,18H,9-13,15H2,1-3H3,(H,22,26). The molecule has 1 aromatic heterocycles. The van der Waals surface area contributed by atoms with Gasteiger partial charge in [-0.15, -0.1) is 0 Å². The van der Waals surface area contributed by atoms with Gasteiger partial charge in [0.05, 0.1) is 17.3 Å². The zero-order valence-corrected chi connectivity index (χ0v) is 16.1. The highest BCUT2D eigenvalue weighted by atomic mass is 16.1. The van der Waals surface area contributed by atoms with Gasteiger partial charge in [0.1, 0.15) is 0 Å². The van der Waals surface area contributed by atoms with Crippen molar-refractivity contribution in [1.82, 2.24) is 20.0 Å². The average Bonchev–Trinajstić information content (AvgIpc) is 3.28. The normalized spacial score (nSPS) is 18.2. The van der Waals surface area contributed by atoms with E-state index >= 15 is 0 Å². The van der Waals surface area contributed by atoms with Crippen LogP contribution >= 0.6 is 0 Å². The molecule has 2 heterocycles. The number of rotatable bonds is 6. The summed E-state index contributed by atoms with van der Waals surface area (Å²) in [6.07, 6.45) is 5.72. The largest absolute Gasteiger partial charge is 0.352 e. The van der Waals surface area contributed by atoms with E-state index in [9.17, 15) is 4.79 Å². The van der Waals surface area contributed by atoms with Crippen molar-refractivity contribution in [3.8, 4) is 0 Å². The predicted octanol–water partition coefficient (Wildman–Crippen LogP) is 2.93. The smallest absolute Gasteiger partial charge is 0.254 e. The molecule has 1 amide bonds. The first-order valence-corrected chi connectivity index (χ1v) is 9.51. The van der Waals surface area contributed by atoms with Crippen LogP contribution in [0.4, 0.5) is 0 Å². The number of aromatic nitrogens is 2. The topological polar surface area (TPSA) is 50.2 Å². The van der Waals surface area contributed by atoms with Gasteiger partial charge in [-0.1, -0.05) is 30.3 Å². The molecule has 1 aromatic carbocycles. The molecule has 1 aliphatic heterocycles. The highest BCUT2D eigenvalue weighted by molar-refractivity contribution is 5.93. The Bertz CT molecular complexity index is 717. The van der Waals surface area contributed by atoms with E-state index in [1.165, 1.54) is 5.56 Å². The number of carbonyl (C=O) groups is 1. The van der Waals surface area contributed by atoms with Crippen molar-refractivity contribution >= 4 is 5.91 Å². The Morgan fingerprint density at radius 2 is 2.04 bits per heavy atom. The van der Waals surface area contributed by atoms with Crippen molar-refractivity contribution in [2.24, 2.45) is 5.92 Å². The molecule has 1 N–H and O–H groups in total. The molecule has 0 bridgehead atoms. The third kappa shape index (κ3) is 4.94. The molecule has 1 unspecified atom stereocenters. The first kappa shape index (κ1) is 18.6. The fourth-order valence-electron chi connectivity index (χ4n) is 3.36. The van der Waals surface area contributed by atoms with Gasteiger partial charge in [0, 0.05) is 25.8 Å². The molecule has 0 radical (unpaired) electrons. The Morgan fingerprint density at radius 1 is 1.27 bits per heavy atom. The number of likely N-dealkylation sites (tertiary alicyclic amines) is 1. The molecule has 2 aromatic rings. The van der Waals surface area contributed by atoms with Crippen LogP contribution in [-0.2, 0) is 12.0 Å². The Morgan fingerprint density at radius 3 is 2.73 bits per heavy atom. The number of amides is 1. The number of benzene rings is 1. The van der Waals surface area contributed by atoms with E-state index in [0.29, 0.717) is 11.5 Å². The summed E-state index contributed by atoms with van der Waals surface area (Å²) in [6, 6.07) is 10.6. The van der Waals surface area contributed by atoms with Gasteiger partial charge in [-0.2, -0.15) is 5.10 Å². The molecule has 140 valence electrons. The summed E-state index contributed by atoms with van der Waals surface area (Å²) in [4.78, 5) is 14.9. The molecule has 3 rings (SSSR count). The van der Waals surface area contributed by atoms with Crippen LogP contribution in [0.25, 0.3) is 0 Å². The van der Waals surface area contributed by atoms with Gasteiger partial charge in [-0.25, -0.2) is 0 Å². The lowest BCUT2D eigenvalue weighted by atomic mass is 10.1. The van der Waals surface area contributed by atoms with Crippen LogP contribution < -0.4 is 5.32 Å². The Labute approximate surface area is 156 Å². The monoisotopic (exact) mass is 354 g/mol. The van der Waals surface area contributed by atoms with E-state index in [2.05, 4.69) is 66.4 Å². The molecule has 0 aliphatic carbocycles. The van der Waals surface area contributed by atoms with Crippen LogP contribution in [0, 0.1) is 5.92 Å². The molecule has 0 spiro atoms. The van der Waals surface area contributed by atoms with Crippen molar-refractivity contribution in [2.45, 2.75) is 39.2 Å². The van der Waals surface area contributed by atoms with Crippen molar-refractivity contribution in [3.05, 3.63) is 53.9 Å². The first-order valence-electron chi connectivity index (χ1n) is 9.51. The average molecular weight is 354 g/mol. The van der Waals surface area contributed by atoms with Crippen LogP contribution in [0.3, 0.4) is 0 Å². The molecule has 1 saturated heterocycles. The van der Waals surface area contributed by atoms with Crippen LogP contribution in [0.2, 0.25) is 0 Å². The van der Waals surface area contributed by atoms with E-state index in [1.807, 2.05) is 10.9 Å². The lowest BCUT2D eigenvalue weighted by Gasteiger charge is -2.18. The zero-order chi connectivity index (χ0) is 18.6. The highest BCUT2D eigenvalue weighted by Crippen LogP contribution is 2.17. The van der Waals surface area contributed by atoms with Gasteiger partial charge in [-0.3, -0.25) is 9.48 Å². The molecule has 1 atom stereocenters. The first-order chi connectivity index (χ1) is 12.4. The van der Waals surface area contributed by atoms with Gasteiger partial charge in [0.15, 0.2) is 0 Å². The van der Waals surface area contributed by atoms with Crippen LogP contribution in [0.5, 0.6) is 0 Å². The van der Waals surface area contributed by atoms with E-state index in [0.717, 1.165) is 39.0 Å². The minimum Gasteiger partial charge on any atom is -0.352 e. The minimum absolute atomic E-state index is 0.0248. The van der Waals surface area contributed by atoms with E-state index < -0.39 is 0 Å². The molecule has 5 heteroatoms. The molecule has 26 heavy (non-hydrogen) atoms. The van der Waals surface area contributed by atoms with Gasteiger partial charge in [0.25, 0.3) is 5.91 Å². The van der Waals surface area contributed by atoms with Crippen LogP contribution in [0.1, 0.15) is 43.1 Å². The lowest BCUT2D eigenvalue weighted by molar-refractivity contribution is 0.0947. The number of nitrogens with zero attached hydrogens (tertiary/aromatic N) is 3. The zero-order valence-electron chi connectivity index (χ0n) is 16.1. The third-order valence-electron chi connectivity index (χ3n) is 5.01. The summed E-state index contributed by atoms with van der Waals surface area (Å²) in [5, 5.41) is 7.38. The molecule has 1 aliphatic rings. The van der Waals surface area contributed by atoms with Crippen molar-refractivity contribution in [1.29, 1.82) is 0 Å². The number of nitrogens with one attached hydrogen (secondary N) is 1. The lowest BCUT2D eigenvalue weighted by Crippen LogP contribution is -2.31. The number of hydrogen-bond donors (Lipinski definition) is 1. The molecule has 5 nitrogen and oxygen atoms in total. The maximum atomic E-state index is 12.4. The van der Waals surface area contributed by atoms with E-state index in [1.54, 1.807) is 6.20 Å². The predicted molar refractivity (Wildman–Crippen MR) is 104 cm³/mol. The van der Waals surface area contributed by atoms with Crippen molar-refractivity contribution < 1.29 is 4.79 Å². The van der Waals surface area contributed by atoms with Gasteiger partial charge >= 0.3 is 0 Å². The summed E-state index contributed by atoms with van der Waals surface area (Å²) in [5.74, 6) is 0.510. The molecule has 1 fully saturated rings. The molecular weight excluding hydrogens is 324 g/mol. The van der Waals surface area contributed by atoms with Crippen molar-refractivity contribution in [2.75, 3.05) is 26.2 Å². The number of carbonyl (C=O) groups excluding carboxylic acids is 1. The second kappa shape index (κ2) is 8.04. The summed E-state index contributed by atoms with van der Waals surface area (Å²) in [7, 11) is 0. The van der Waals surface area contributed by atoms with Crippen LogP contribution in [0.15, 0.2) is 42.7 Å². The van der Waals surface area contributed by atoms with Gasteiger partial charge < -0.3 is 10.2 Å². The highest BCUT2D eigenvalue weighted by Gasteiger charge is 2.23. The Hall–Kier alpha value is -2.14. The number of hydrogen-bond acceptors (Lipinski definition) is 3. The SMILES string of the molecule is CC(C)(C)n1cc(C(=O)NCC2CCN(CCc3ccccc3)C2)cn1. The summed E-state index contributed by atoms with van der Waals surface area (Å²) in [6.45, 7) is 10.2. The van der Waals surface area contributed by atoms with Gasteiger partial charge in [0.2, 0.25) is 0 Å². The van der Waals surface area contributed by atoms with Gasteiger partial charge in [-0.05, 0) is 51.6 Å². The maximum absolute atomic E-state index is 12.4. The quantitative estimate of drug-likeness (QED) is 0.868. The third-order valence-corrected chi connectivity index (χ3v) is 5.01. The molecular formula is C21H30N4O. The Balaban J connectivity index is 1.41. The second-order valence-corrected chi connectivity index (χ2v) is 8.25. The van der Waals surface area contributed by atoms with E-state index in [4.69, 9.17) is 0 Å². The molecule has 0 saturated carbocycles. The van der Waals surface area contributed by atoms with Crippen LogP contribution in [-0.4, -0.2) is 46.8 Å². The Kier molecular flexibility index (Phi) is 5.77.